The number of aryl methyl sites for hydroxylation is 1. The third-order valence-corrected chi connectivity index (χ3v) is 8.44. The predicted octanol–water partition coefficient (Wildman–Crippen LogP) is 2.17. The molecular formula is C30H32N6O4S. The van der Waals surface area contributed by atoms with Gasteiger partial charge < -0.3 is 20.9 Å². The Hall–Kier alpha value is -4.38. The van der Waals surface area contributed by atoms with Crippen molar-refractivity contribution in [2.24, 2.45) is 5.73 Å². The molecule has 3 heterocycles. The number of thiazole rings is 1. The zero-order chi connectivity index (χ0) is 28.9. The Balaban J connectivity index is 1.24. The minimum Gasteiger partial charge on any atom is -0.384 e. The van der Waals surface area contributed by atoms with Crippen LogP contribution in [0.1, 0.15) is 45.8 Å². The summed E-state index contributed by atoms with van der Waals surface area (Å²) in [7, 11) is 0. The number of aromatic nitrogens is 1. The lowest BCUT2D eigenvalue weighted by molar-refractivity contribution is -0.151. The van der Waals surface area contributed by atoms with E-state index >= 15 is 0 Å². The van der Waals surface area contributed by atoms with Crippen molar-refractivity contribution in [3.05, 3.63) is 87.9 Å². The van der Waals surface area contributed by atoms with Crippen molar-refractivity contribution in [2.75, 3.05) is 13.1 Å². The molecule has 2 fully saturated rings. The Morgan fingerprint density at radius 3 is 2.51 bits per heavy atom. The monoisotopic (exact) mass is 572 g/mol. The molecule has 1 aromatic heterocycles. The number of ketones is 1. The zero-order valence-electron chi connectivity index (χ0n) is 22.5. The minimum atomic E-state index is -0.883. The summed E-state index contributed by atoms with van der Waals surface area (Å²) in [6.07, 6.45) is 3.75. The first-order chi connectivity index (χ1) is 19.8. The number of hydrogen-bond donors (Lipinski definition) is 3. The van der Waals surface area contributed by atoms with Crippen LogP contribution >= 0.6 is 11.3 Å². The van der Waals surface area contributed by atoms with E-state index in [0.29, 0.717) is 42.8 Å². The van der Waals surface area contributed by atoms with Gasteiger partial charge in [0.1, 0.15) is 11.9 Å². The first kappa shape index (κ1) is 28.2. The van der Waals surface area contributed by atoms with E-state index in [9.17, 15) is 19.2 Å². The highest BCUT2D eigenvalue weighted by Gasteiger charge is 2.46. The number of amides is 3. The summed E-state index contributed by atoms with van der Waals surface area (Å²) in [6.45, 7) is 0.338. The fourth-order valence-corrected chi connectivity index (χ4v) is 6.16. The molecule has 2 unspecified atom stereocenters. The van der Waals surface area contributed by atoms with Crippen LogP contribution in [0.15, 0.2) is 66.2 Å². The highest BCUT2D eigenvalue weighted by Crippen LogP contribution is 2.29. The highest BCUT2D eigenvalue weighted by atomic mass is 32.1. The molecule has 2 aromatic carbocycles. The Morgan fingerprint density at radius 2 is 1.83 bits per heavy atom. The van der Waals surface area contributed by atoms with Crippen molar-refractivity contribution < 1.29 is 19.2 Å². The molecule has 11 heteroatoms. The van der Waals surface area contributed by atoms with E-state index in [4.69, 9.17) is 11.1 Å². The number of nitrogens with two attached hydrogens (primary N) is 1. The van der Waals surface area contributed by atoms with Crippen molar-refractivity contribution in [3.8, 4) is 0 Å². The van der Waals surface area contributed by atoms with Gasteiger partial charge in [-0.15, -0.1) is 11.3 Å². The van der Waals surface area contributed by atoms with Crippen LogP contribution in [0.4, 0.5) is 0 Å². The third kappa shape index (κ3) is 6.51. The summed E-state index contributed by atoms with van der Waals surface area (Å²) >= 11 is 1.20. The van der Waals surface area contributed by atoms with Crippen LogP contribution in [0.25, 0.3) is 0 Å². The van der Waals surface area contributed by atoms with E-state index < -0.39 is 12.1 Å². The quantitative estimate of drug-likeness (QED) is 0.193. The van der Waals surface area contributed by atoms with Crippen molar-refractivity contribution in [1.29, 1.82) is 5.41 Å². The number of nitrogens with zero attached hydrogens (tertiary/aromatic N) is 3. The van der Waals surface area contributed by atoms with E-state index in [1.54, 1.807) is 45.6 Å². The van der Waals surface area contributed by atoms with E-state index in [0.717, 1.165) is 11.1 Å². The van der Waals surface area contributed by atoms with Crippen LogP contribution in [-0.4, -0.2) is 75.3 Å². The maximum atomic E-state index is 13.5. The fraction of sp³-hybridized carbons (Fsp3) is 0.333. The van der Waals surface area contributed by atoms with Gasteiger partial charge in [-0.3, -0.25) is 24.6 Å². The molecule has 2 saturated heterocycles. The minimum absolute atomic E-state index is 0.0567. The molecular weight excluding hydrogens is 540 g/mol. The molecule has 2 aliphatic rings. The molecule has 0 bridgehead atoms. The topological polar surface area (TPSA) is 150 Å². The van der Waals surface area contributed by atoms with Gasteiger partial charge >= 0.3 is 0 Å². The molecule has 0 aliphatic carbocycles. The summed E-state index contributed by atoms with van der Waals surface area (Å²) in [5, 5.41) is 12.5. The number of fused-ring (bicyclic) bond motifs is 1. The predicted molar refractivity (Wildman–Crippen MR) is 155 cm³/mol. The van der Waals surface area contributed by atoms with Gasteiger partial charge in [0.05, 0.1) is 18.6 Å². The van der Waals surface area contributed by atoms with Crippen LogP contribution in [-0.2, 0) is 27.2 Å². The second kappa shape index (κ2) is 12.4. The Kier molecular flexibility index (Phi) is 8.53. The third-order valence-electron chi connectivity index (χ3n) is 7.65. The van der Waals surface area contributed by atoms with Gasteiger partial charge in [0, 0.05) is 36.5 Å². The lowest BCUT2D eigenvalue weighted by Gasteiger charge is -2.39. The maximum Gasteiger partial charge on any atom is 0.243 e. The zero-order valence-corrected chi connectivity index (χ0v) is 23.3. The van der Waals surface area contributed by atoms with Crippen LogP contribution in [0.5, 0.6) is 0 Å². The smallest absolute Gasteiger partial charge is 0.243 e. The number of carbonyl (C=O) groups excluding carboxylic acids is 4. The summed E-state index contributed by atoms with van der Waals surface area (Å²) in [6, 6.07) is 14.9. The van der Waals surface area contributed by atoms with Crippen molar-refractivity contribution in [2.45, 2.75) is 50.2 Å². The molecule has 41 heavy (non-hydrogen) atoms. The van der Waals surface area contributed by atoms with Gasteiger partial charge in [-0.2, -0.15) is 0 Å². The summed E-state index contributed by atoms with van der Waals surface area (Å²) in [5.41, 5.74) is 7.97. The Bertz CT molecular complexity index is 1430. The number of nitrogen functional groups attached to an aromatic ring is 1. The number of amidine groups is 1. The van der Waals surface area contributed by atoms with Crippen LogP contribution in [0, 0.1) is 5.41 Å². The number of Topliss-reactive ketones (excluding diaryl/α,β-unsaturated/α-hetero) is 1. The average Bonchev–Trinajstić information content (AvgIpc) is 3.67. The van der Waals surface area contributed by atoms with Crippen molar-refractivity contribution in [3.63, 3.8) is 0 Å². The number of carbonyl (C=O) groups is 4. The Labute approximate surface area is 242 Å². The maximum absolute atomic E-state index is 13.5. The normalized spacial score (nSPS) is 19.0. The molecule has 0 spiro atoms. The molecule has 0 radical (unpaired) electrons. The van der Waals surface area contributed by atoms with Gasteiger partial charge in [0.15, 0.2) is 5.01 Å². The molecule has 0 saturated carbocycles. The molecule has 3 amide bonds. The van der Waals surface area contributed by atoms with Gasteiger partial charge in [-0.25, -0.2) is 4.98 Å². The standard InChI is InChI=1S/C30H32N6O4S/c31-28(32)21-9-6-20(7-10-21)16-23(27(39)30-33-14-15-41-30)34-29(40)24-12-11-22-17-35(18-26(38)36(22)24)25(37)13-8-19-4-2-1-3-5-19/h1-7,9-10,14-15,22-24H,8,11-13,16-18H2,(H3,31,32)(H,34,40)/t22-,23?,24?/m0/s1. The number of nitrogens with one attached hydrogen (secondary N) is 2. The Morgan fingerprint density at radius 1 is 1.07 bits per heavy atom. The average molecular weight is 573 g/mol. The first-order valence-corrected chi connectivity index (χ1v) is 14.5. The lowest BCUT2D eigenvalue weighted by Crippen LogP contribution is -2.60. The fourth-order valence-electron chi connectivity index (χ4n) is 5.53. The van der Waals surface area contributed by atoms with Gasteiger partial charge in [-0.05, 0) is 30.4 Å². The number of benzene rings is 2. The highest BCUT2D eigenvalue weighted by molar-refractivity contribution is 7.11. The van der Waals surface area contributed by atoms with Gasteiger partial charge in [0.25, 0.3) is 0 Å². The van der Waals surface area contributed by atoms with Crippen molar-refractivity contribution >= 4 is 40.7 Å². The second-order valence-electron chi connectivity index (χ2n) is 10.4. The summed E-state index contributed by atoms with van der Waals surface area (Å²) < 4.78 is 0. The molecule has 5 rings (SSSR count). The first-order valence-electron chi connectivity index (χ1n) is 13.6. The van der Waals surface area contributed by atoms with E-state index in [2.05, 4.69) is 10.3 Å². The largest absolute Gasteiger partial charge is 0.384 e. The van der Waals surface area contributed by atoms with Crippen LogP contribution in [0.2, 0.25) is 0 Å². The van der Waals surface area contributed by atoms with E-state index in [-0.39, 0.29) is 48.3 Å². The second-order valence-corrected chi connectivity index (χ2v) is 11.3. The van der Waals surface area contributed by atoms with Crippen LogP contribution in [0.3, 0.4) is 0 Å². The molecule has 3 aromatic rings. The molecule has 212 valence electrons. The number of rotatable bonds is 10. The van der Waals surface area contributed by atoms with E-state index in [1.807, 2.05) is 30.3 Å². The molecule has 10 nitrogen and oxygen atoms in total. The molecule has 4 N–H and O–H groups in total. The summed E-state index contributed by atoms with van der Waals surface area (Å²) in [5.74, 6) is -1.08. The van der Waals surface area contributed by atoms with Gasteiger partial charge in [0.2, 0.25) is 23.5 Å². The molecule has 3 atom stereocenters. The van der Waals surface area contributed by atoms with Crippen LogP contribution < -0.4 is 11.1 Å². The van der Waals surface area contributed by atoms with E-state index in [1.165, 1.54) is 11.3 Å². The lowest BCUT2D eigenvalue weighted by atomic mass is 10.0. The van der Waals surface area contributed by atoms with Crippen molar-refractivity contribution in [1.82, 2.24) is 20.1 Å². The SMILES string of the molecule is N=C(N)c1ccc(CC(NC(=O)C2CC[C@H]3CN(C(=O)CCc4ccccc4)CC(=O)N23)C(=O)c2nccs2)cc1. The summed E-state index contributed by atoms with van der Waals surface area (Å²) in [4.78, 5) is 60.3. The molecule has 2 aliphatic heterocycles. The van der Waals surface area contributed by atoms with Gasteiger partial charge in [-0.1, -0.05) is 54.6 Å². The number of piperazine rings is 1. The number of hydrogen-bond acceptors (Lipinski definition) is 7.